The molecule has 134 valence electrons. The van der Waals surface area contributed by atoms with Gasteiger partial charge in [0.05, 0.1) is 17.8 Å². The van der Waals surface area contributed by atoms with Crippen LogP contribution in [0.5, 0.6) is 11.6 Å². The Morgan fingerprint density at radius 3 is 2.93 bits per heavy atom. The van der Waals surface area contributed by atoms with Gasteiger partial charge in [-0.2, -0.15) is 15.3 Å². The van der Waals surface area contributed by atoms with Crippen molar-refractivity contribution < 1.29 is 4.74 Å². The van der Waals surface area contributed by atoms with Crippen molar-refractivity contribution in [2.24, 2.45) is 7.05 Å². The second-order valence-corrected chi connectivity index (χ2v) is 6.38. The van der Waals surface area contributed by atoms with E-state index in [1.54, 1.807) is 23.0 Å². The van der Waals surface area contributed by atoms with Crippen LogP contribution in [0.4, 0.5) is 0 Å². The summed E-state index contributed by atoms with van der Waals surface area (Å²) < 4.78 is 7.80. The molecule has 0 atom stereocenters. The summed E-state index contributed by atoms with van der Waals surface area (Å²) in [5, 5.41) is 15.2. The number of benzene rings is 2. The average molecular weight is 366 g/mol. The van der Waals surface area contributed by atoms with Gasteiger partial charge in [-0.1, -0.05) is 12.1 Å². The Hall–Kier alpha value is -4.18. The standard InChI is InChI=1S/C21H14N6O/c1-27-20-17(12-24-27)21(28-16-5-6-18-14(10-16)7-8-23-18)26-19(25-20)15-4-2-3-13(9-15)11-22/h2-10,12,23H,1H3. The molecule has 7 nitrogen and oxygen atoms in total. The summed E-state index contributed by atoms with van der Waals surface area (Å²) in [5.41, 5.74) is 2.99. The quantitative estimate of drug-likeness (QED) is 0.517. The Bertz CT molecular complexity index is 1370. The van der Waals surface area contributed by atoms with Crippen LogP contribution in [0.25, 0.3) is 33.3 Å². The van der Waals surface area contributed by atoms with E-state index in [2.05, 4.69) is 26.1 Å². The number of fused-ring (bicyclic) bond motifs is 2. The van der Waals surface area contributed by atoms with Gasteiger partial charge in [-0.3, -0.25) is 4.68 Å². The number of H-pyrrole nitrogens is 1. The lowest BCUT2D eigenvalue weighted by Gasteiger charge is -2.09. The molecule has 0 saturated carbocycles. The van der Waals surface area contributed by atoms with Crippen LogP contribution in [0.2, 0.25) is 0 Å². The Balaban J connectivity index is 1.65. The van der Waals surface area contributed by atoms with Gasteiger partial charge in [-0.05, 0) is 36.4 Å². The molecule has 0 aliphatic rings. The van der Waals surface area contributed by atoms with E-state index < -0.39 is 0 Å². The number of nitrogens with one attached hydrogen (secondary N) is 1. The summed E-state index contributed by atoms with van der Waals surface area (Å²) in [7, 11) is 1.82. The molecule has 0 unspecified atom stereocenters. The molecule has 0 bridgehead atoms. The molecule has 0 amide bonds. The monoisotopic (exact) mass is 366 g/mol. The first-order valence-corrected chi connectivity index (χ1v) is 8.66. The molecule has 5 rings (SSSR count). The fraction of sp³-hybridized carbons (Fsp3) is 0.0476. The largest absolute Gasteiger partial charge is 0.438 e. The molecule has 0 aliphatic heterocycles. The van der Waals surface area contributed by atoms with E-state index in [0.717, 1.165) is 21.9 Å². The number of hydrogen-bond acceptors (Lipinski definition) is 5. The zero-order chi connectivity index (χ0) is 19.1. The topological polar surface area (TPSA) is 92.4 Å². The summed E-state index contributed by atoms with van der Waals surface area (Å²) in [6.07, 6.45) is 3.58. The molecular weight excluding hydrogens is 352 g/mol. The summed E-state index contributed by atoms with van der Waals surface area (Å²) in [6, 6.07) is 17.1. The molecule has 5 aromatic rings. The number of hydrogen-bond donors (Lipinski definition) is 1. The van der Waals surface area contributed by atoms with E-state index >= 15 is 0 Å². The molecule has 7 heteroatoms. The van der Waals surface area contributed by atoms with Crippen LogP contribution in [-0.2, 0) is 7.05 Å². The van der Waals surface area contributed by atoms with Gasteiger partial charge in [0.1, 0.15) is 11.1 Å². The Morgan fingerprint density at radius 2 is 2.04 bits per heavy atom. The van der Waals surface area contributed by atoms with Crippen molar-refractivity contribution in [3.05, 3.63) is 66.5 Å². The van der Waals surface area contributed by atoms with Crippen LogP contribution in [0.1, 0.15) is 5.56 Å². The van der Waals surface area contributed by atoms with E-state index in [1.807, 2.05) is 49.6 Å². The van der Waals surface area contributed by atoms with Crippen molar-refractivity contribution in [3.8, 4) is 29.1 Å². The lowest BCUT2D eigenvalue weighted by Crippen LogP contribution is -1.98. The molecule has 2 aromatic carbocycles. The van der Waals surface area contributed by atoms with Crippen LogP contribution in [0.3, 0.4) is 0 Å². The number of rotatable bonds is 3. The fourth-order valence-electron chi connectivity index (χ4n) is 3.14. The summed E-state index contributed by atoms with van der Waals surface area (Å²) in [5.74, 6) is 1.57. The molecule has 0 aliphatic carbocycles. The molecule has 1 N–H and O–H groups in total. The highest BCUT2D eigenvalue weighted by molar-refractivity contribution is 5.84. The van der Waals surface area contributed by atoms with E-state index in [-0.39, 0.29) is 0 Å². The zero-order valence-corrected chi connectivity index (χ0v) is 14.9. The van der Waals surface area contributed by atoms with Crippen LogP contribution in [0, 0.1) is 11.3 Å². The van der Waals surface area contributed by atoms with Gasteiger partial charge in [0.25, 0.3) is 0 Å². The summed E-state index contributed by atoms with van der Waals surface area (Å²) >= 11 is 0. The van der Waals surface area contributed by atoms with Crippen LogP contribution >= 0.6 is 0 Å². The van der Waals surface area contributed by atoms with E-state index in [4.69, 9.17) is 4.74 Å². The van der Waals surface area contributed by atoms with Gasteiger partial charge in [-0.25, -0.2) is 4.98 Å². The predicted molar refractivity (Wildman–Crippen MR) is 105 cm³/mol. The Kier molecular flexibility index (Phi) is 3.56. The van der Waals surface area contributed by atoms with Gasteiger partial charge < -0.3 is 9.72 Å². The van der Waals surface area contributed by atoms with Crippen LogP contribution in [-0.4, -0.2) is 24.7 Å². The fourth-order valence-corrected chi connectivity index (χ4v) is 3.14. The molecule has 0 fully saturated rings. The third-order valence-electron chi connectivity index (χ3n) is 4.55. The van der Waals surface area contributed by atoms with Crippen molar-refractivity contribution in [3.63, 3.8) is 0 Å². The SMILES string of the molecule is Cn1ncc2c(Oc3ccc4[nH]ccc4c3)nc(-c3cccc(C#N)c3)nc21. The molecule has 3 aromatic heterocycles. The second-order valence-electron chi connectivity index (χ2n) is 6.38. The second kappa shape index (κ2) is 6.21. The third kappa shape index (κ3) is 2.64. The van der Waals surface area contributed by atoms with Gasteiger partial charge in [0.2, 0.25) is 5.88 Å². The highest BCUT2D eigenvalue weighted by atomic mass is 16.5. The Morgan fingerprint density at radius 1 is 1.11 bits per heavy atom. The first kappa shape index (κ1) is 16.0. The van der Waals surface area contributed by atoms with Crippen molar-refractivity contribution >= 4 is 21.9 Å². The van der Waals surface area contributed by atoms with Crippen LogP contribution in [0.15, 0.2) is 60.9 Å². The number of aromatic amines is 1. The molecule has 0 radical (unpaired) electrons. The number of ether oxygens (including phenoxy) is 1. The number of aromatic nitrogens is 5. The molecule has 3 heterocycles. The minimum atomic E-state index is 0.422. The number of nitrogens with zero attached hydrogens (tertiary/aromatic N) is 5. The minimum Gasteiger partial charge on any atom is -0.438 e. The van der Waals surface area contributed by atoms with Crippen molar-refractivity contribution in [1.82, 2.24) is 24.7 Å². The predicted octanol–water partition coefficient (Wildman–Crippen LogP) is 4.18. The number of nitriles is 1. The van der Waals surface area contributed by atoms with Gasteiger partial charge in [-0.15, -0.1) is 0 Å². The smallest absolute Gasteiger partial charge is 0.234 e. The highest BCUT2D eigenvalue weighted by Gasteiger charge is 2.15. The third-order valence-corrected chi connectivity index (χ3v) is 4.55. The number of aryl methyl sites for hydroxylation is 1. The van der Waals surface area contributed by atoms with E-state index in [0.29, 0.717) is 28.7 Å². The van der Waals surface area contributed by atoms with E-state index in [9.17, 15) is 5.26 Å². The van der Waals surface area contributed by atoms with Crippen molar-refractivity contribution in [2.45, 2.75) is 0 Å². The van der Waals surface area contributed by atoms with Crippen molar-refractivity contribution in [2.75, 3.05) is 0 Å². The maximum atomic E-state index is 9.18. The first-order valence-electron chi connectivity index (χ1n) is 8.66. The molecule has 0 saturated heterocycles. The minimum absolute atomic E-state index is 0.422. The maximum Gasteiger partial charge on any atom is 0.234 e. The van der Waals surface area contributed by atoms with Crippen LogP contribution < -0.4 is 4.74 Å². The van der Waals surface area contributed by atoms with Crippen molar-refractivity contribution in [1.29, 1.82) is 5.26 Å². The summed E-state index contributed by atoms with van der Waals surface area (Å²) in [6.45, 7) is 0. The van der Waals surface area contributed by atoms with Gasteiger partial charge in [0, 0.05) is 29.7 Å². The normalized spacial score (nSPS) is 11.0. The first-order chi connectivity index (χ1) is 13.7. The molecule has 0 spiro atoms. The zero-order valence-electron chi connectivity index (χ0n) is 14.9. The lowest BCUT2D eigenvalue weighted by molar-refractivity contribution is 0.469. The Labute approximate surface area is 159 Å². The maximum absolute atomic E-state index is 9.18. The van der Waals surface area contributed by atoms with Gasteiger partial charge in [0.15, 0.2) is 11.5 Å². The highest BCUT2D eigenvalue weighted by Crippen LogP contribution is 2.31. The lowest BCUT2D eigenvalue weighted by atomic mass is 10.1. The molecular formula is C21H14N6O. The summed E-state index contributed by atoms with van der Waals surface area (Å²) in [4.78, 5) is 12.4. The molecule has 28 heavy (non-hydrogen) atoms. The average Bonchev–Trinajstić information content (AvgIpc) is 3.34. The van der Waals surface area contributed by atoms with Gasteiger partial charge >= 0.3 is 0 Å². The van der Waals surface area contributed by atoms with E-state index in [1.165, 1.54) is 0 Å².